The molecule has 5 nitrogen and oxygen atoms in total. The molecule has 158 valence electrons. The number of hydrogen-bond donors (Lipinski definition) is 1. The van der Waals surface area contributed by atoms with Crippen LogP contribution in [0.4, 0.5) is 4.79 Å². The van der Waals surface area contributed by atoms with Gasteiger partial charge in [0.05, 0.1) is 25.8 Å². The maximum atomic E-state index is 11.5. The van der Waals surface area contributed by atoms with Gasteiger partial charge >= 0.3 is 6.09 Å². The van der Waals surface area contributed by atoms with Crippen LogP contribution in [-0.2, 0) is 4.74 Å². The van der Waals surface area contributed by atoms with Gasteiger partial charge in [-0.05, 0) is 53.5 Å². The molecule has 1 aliphatic rings. The molecule has 3 rings (SSSR count). The number of rotatable bonds is 6. The summed E-state index contributed by atoms with van der Waals surface area (Å²) in [6.45, 7) is 6.40. The van der Waals surface area contributed by atoms with E-state index in [0.717, 1.165) is 39.3 Å². The summed E-state index contributed by atoms with van der Waals surface area (Å²) in [7, 11) is 3.26. The van der Waals surface area contributed by atoms with Gasteiger partial charge in [-0.15, -0.1) is 0 Å². The maximum absolute atomic E-state index is 11.5. The number of allylic oxidation sites excluding steroid dienone is 3. The number of alkyl carbamates (subject to hydrolysis) is 1. The first-order valence-electron chi connectivity index (χ1n) is 9.82. The number of hydrogen-bond acceptors (Lipinski definition) is 4. The van der Waals surface area contributed by atoms with E-state index in [0.29, 0.717) is 0 Å². The Morgan fingerprint density at radius 3 is 2.52 bits per heavy atom. The number of ether oxygens (including phenoxy) is 3. The third kappa shape index (κ3) is 5.58. The van der Waals surface area contributed by atoms with E-state index in [1.165, 1.54) is 0 Å². The Balaban J connectivity index is 1.91. The minimum Gasteiger partial charge on any atom is -0.497 e. The maximum Gasteiger partial charge on any atom is 0.407 e. The predicted octanol–water partition coefficient (Wildman–Crippen LogP) is 4.75. The molecule has 1 heterocycles. The monoisotopic (exact) mass is 415 g/mol. The standard InChI is InChI=1S/C26H25NO4/c1-18(9-11-21-7-5-6-8-25(21)30-4)10-16-23(19(2)24-17-31-26(28)27-24)20-12-14-22(29-3)15-13-20/h5-8,10,12-16,24H,2,17H2,1,3-4H3,(H,27,28). The molecule has 0 bridgehead atoms. The first-order chi connectivity index (χ1) is 15.0. The average molecular weight is 415 g/mol. The van der Waals surface area contributed by atoms with Crippen molar-refractivity contribution in [3.63, 3.8) is 0 Å². The van der Waals surface area contributed by atoms with Crippen LogP contribution in [0.15, 0.2) is 78.4 Å². The fourth-order valence-corrected chi connectivity index (χ4v) is 3.08. The Morgan fingerprint density at radius 2 is 1.87 bits per heavy atom. The van der Waals surface area contributed by atoms with E-state index < -0.39 is 6.09 Å². The highest BCUT2D eigenvalue weighted by Crippen LogP contribution is 2.28. The van der Waals surface area contributed by atoms with E-state index in [1.54, 1.807) is 14.2 Å². The zero-order valence-corrected chi connectivity index (χ0v) is 17.9. The number of nitrogens with one attached hydrogen (secondary N) is 1. The van der Waals surface area contributed by atoms with Crippen molar-refractivity contribution < 1.29 is 19.0 Å². The molecule has 2 aromatic rings. The molecular formula is C26H25NO4. The van der Waals surface area contributed by atoms with Gasteiger partial charge in [0, 0.05) is 0 Å². The first kappa shape index (κ1) is 21.8. The van der Waals surface area contributed by atoms with E-state index >= 15 is 0 Å². The highest BCUT2D eigenvalue weighted by Gasteiger charge is 2.26. The predicted molar refractivity (Wildman–Crippen MR) is 122 cm³/mol. The van der Waals surface area contributed by atoms with Gasteiger partial charge in [-0.2, -0.15) is 0 Å². The van der Waals surface area contributed by atoms with Crippen molar-refractivity contribution in [2.24, 2.45) is 0 Å². The van der Waals surface area contributed by atoms with Crippen LogP contribution in [0.2, 0.25) is 0 Å². The summed E-state index contributed by atoms with van der Waals surface area (Å²) >= 11 is 0. The largest absolute Gasteiger partial charge is 0.497 e. The number of carbonyl (C=O) groups excluding carboxylic acids is 1. The fraction of sp³-hybridized carbons (Fsp3) is 0.192. The molecule has 0 spiro atoms. The minimum atomic E-state index is -0.436. The minimum absolute atomic E-state index is 0.251. The topological polar surface area (TPSA) is 56.8 Å². The number of carbonyl (C=O) groups is 1. The van der Waals surface area contributed by atoms with Gasteiger partial charge in [-0.25, -0.2) is 4.79 Å². The van der Waals surface area contributed by atoms with Crippen molar-refractivity contribution >= 4 is 11.7 Å². The summed E-state index contributed by atoms with van der Waals surface area (Å²) in [6, 6.07) is 15.0. The number of benzene rings is 2. The Labute approximate surface area is 183 Å². The molecule has 0 radical (unpaired) electrons. The smallest absolute Gasteiger partial charge is 0.407 e. The van der Waals surface area contributed by atoms with Crippen LogP contribution in [0.1, 0.15) is 18.1 Å². The molecule has 1 N–H and O–H groups in total. The molecule has 1 unspecified atom stereocenters. The van der Waals surface area contributed by atoms with Crippen LogP contribution < -0.4 is 14.8 Å². The van der Waals surface area contributed by atoms with Gasteiger partial charge < -0.3 is 19.5 Å². The van der Waals surface area contributed by atoms with Crippen molar-refractivity contribution in [2.75, 3.05) is 20.8 Å². The van der Waals surface area contributed by atoms with Crippen LogP contribution in [0.25, 0.3) is 5.57 Å². The molecule has 5 heteroatoms. The highest BCUT2D eigenvalue weighted by atomic mass is 16.6. The average Bonchev–Trinajstić information content (AvgIpc) is 3.24. The third-order valence-electron chi connectivity index (χ3n) is 4.84. The van der Waals surface area contributed by atoms with Crippen molar-refractivity contribution in [1.82, 2.24) is 5.32 Å². The molecule has 1 saturated heterocycles. The van der Waals surface area contributed by atoms with Crippen LogP contribution in [0.3, 0.4) is 0 Å². The Hall–Kier alpha value is -3.91. The van der Waals surface area contributed by atoms with Crippen molar-refractivity contribution in [3.05, 3.63) is 89.5 Å². The lowest BCUT2D eigenvalue weighted by molar-refractivity contribution is 0.177. The van der Waals surface area contributed by atoms with Crippen LogP contribution in [-0.4, -0.2) is 33.0 Å². The molecule has 31 heavy (non-hydrogen) atoms. The normalized spacial score (nSPS) is 16.0. The Morgan fingerprint density at radius 1 is 1.13 bits per heavy atom. The van der Waals surface area contributed by atoms with Crippen LogP contribution >= 0.6 is 0 Å². The van der Waals surface area contributed by atoms with E-state index in [9.17, 15) is 4.79 Å². The van der Waals surface area contributed by atoms with Crippen molar-refractivity contribution in [2.45, 2.75) is 13.0 Å². The second kappa shape index (κ2) is 10.2. The summed E-state index contributed by atoms with van der Waals surface area (Å²) in [5.41, 5.74) is 4.30. The van der Waals surface area contributed by atoms with E-state index in [1.807, 2.05) is 67.6 Å². The highest BCUT2D eigenvalue weighted by molar-refractivity contribution is 5.83. The SMILES string of the molecule is C=C(C(=CC=C(C)C#Cc1ccccc1OC)c1ccc(OC)cc1)C1COC(=O)N1. The summed E-state index contributed by atoms with van der Waals surface area (Å²) in [5, 5.41) is 2.78. The van der Waals surface area contributed by atoms with Gasteiger partial charge in [0.25, 0.3) is 0 Å². The van der Waals surface area contributed by atoms with E-state index in [2.05, 4.69) is 23.7 Å². The van der Waals surface area contributed by atoms with Crippen LogP contribution in [0.5, 0.6) is 11.5 Å². The molecule has 0 aliphatic carbocycles. The number of para-hydroxylation sites is 1. The zero-order chi connectivity index (χ0) is 22.2. The lowest BCUT2D eigenvalue weighted by Crippen LogP contribution is -2.28. The third-order valence-corrected chi connectivity index (χ3v) is 4.84. The summed E-state index contributed by atoms with van der Waals surface area (Å²) in [4.78, 5) is 11.5. The molecule has 2 aromatic carbocycles. The van der Waals surface area contributed by atoms with Gasteiger partial charge in [0.1, 0.15) is 18.1 Å². The van der Waals surface area contributed by atoms with Crippen molar-refractivity contribution in [1.29, 1.82) is 0 Å². The summed E-state index contributed by atoms with van der Waals surface area (Å²) < 4.78 is 15.6. The molecule has 0 saturated carbocycles. The lowest BCUT2D eigenvalue weighted by atomic mass is 9.93. The second-order valence-electron chi connectivity index (χ2n) is 6.93. The quantitative estimate of drug-likeness (QED) is 0.546. The van der Waals surface area contributed by atoms with Gasteiger partial charge in [0.2, 0.25) is 0 Å². The zero-order valence-electron chi connectivity index (χ0n) is 17.9. The number of cyclic esters (lactones) is 1. The van der Waals surface area contributed by atoms with E-state index in [4.69, 9.17) is 14.2 Å². The molecule has 1 amide bonds. The first-order valence-corrected chi connectivity index (χ1v) is 9.82. The molecule has 1 aliphatic heterocycles. The van der Waals surface area contributed by atoms with Gasteiger partial charge in [-0.3, -0.25) is 0 Å². The van der Waals surface area contributed by atoms with Crippen LogP contribution in [0, 0.1) is 11.8 Å². The number of amides is 1. The molecule has 1 atom stereocenters. The lowest BCUT2D eigenvalue weighted by Gasteiger charge is -2.16. The summed E-state index contributed by atoms with van der Waals surface area (Å²) in [6.07, 6.45) is 3.46. The number of methoxy groups -OCH3 is 2. The summed E-state index contributed by atoms with van der Waals surface area (Å²) in [5.74, 6) is 7.80. The fourth-order valence-electron chi connectivity index (χ4n) is 3.08. The Bertz CT molecular complexity index is 1080. The second-order valence-corrected chi connectivity index (χ2v) is 6.93. The van der Waals surface area contributed by atoms with Gasteiger partial charge in [0.15, 0.2) is 0 Å². The Kier molecular flexibility index (Phi) is 7.18. The van der Waals surface area contributed by atoms with Crippen molar-refractivity contribution in [3.8, 4) is 23.3 Å². The van der Waals surface area contributed by atoms with E-state index in [-0.39, 0.29) is 12.6 Å². The van der Waals surface area contributed by atoms with Gasteiger partial charge in [-0.1, -0.05) is 54.8 Å². The molecular weight excluding hydrogens is 390 g/mol. The molecule has 1 fully saturated rings. The molecule has 0 aromatic heterocycles.